The van der Waals surface area contributed by atoms with Gasteiger partial charge in [-0.25, -0.2) is 4.79 Å². The van der Waals surface area contributed by atoms with Crippen molar-refractivity contribution >= 4 is 28.9 Å². The van der Waals surface area contributed by atoms with Crippen molar-refractivity contribution in [1.82, 2.24) is 4.57 Å². The summed E-state index contributed by atoms with van der Waals surface area (Å²) in [6, 6.07) is 5.16. The summed E-state index contributed by atoms with van der Waals surface area (Å²) in [5, 5.41) is 0.821. The van der Waals surface area contributed by atoms with E-state index in [0.717, 1.165) is 17.2 Å². The SMILES string of the molecule is C=CC(=C)c1cn(C(=O)OC(C)(C)C)c2cc(C=O)ccc12. The molecule has 1 aromatic carbocycles. The van der Waals surface area contributed by atoms with Crippen LogP contribution in [-0.4, -0.2) is 22.5 Å². The van der Waals surface area contributed by atoms with Crippen molar-refractivity contribution in [2.24, 2.45) is 0 Å². The van der Waals surface area contributed by atoms with Crippen LogP contribution in [0.3, 0.4) is 0 Å². The molecule has 0 radical (unpaired) electrons. The fraction of sp³-hybridized carbons (Fsp3) is 0.222. The molecule has 4 heteroatoms. The van der Waals surface area contributed by atoms with Crippen molar-refractivity contribution < 1.29 is 14.3 Å². The highest BCUT2D eigenvalue weighted by Crippen LogP contribution is 2.28. The van der Waals surface area contributed by atoms with Crippen LogP contribution in [0.4, 0.5) is 4.79 Å². The van der Waals surface area contributed by atoms with Crippen molar-refractivity contribution in [2.45, 2.75) is 26.4 Å². The molecule has 0 bridgehead atoms. The van der Waals surface area contributed by atoms with Crippen molar-refractivity contribution in [3.05, 3.63) is 54.8 Å². The number of aldehydes is 1. The Morgan fingerprint density at radius 1 is 1.32 bits per heavy atom. The van der Waals surface area contributed by atoms with Gasteiger partial charge in [0.2, 0.25) is 0 Å². The molecule has 2 aromatic rings. The largest absolute Gasteiger partial charge is 0.443 e. The molecule has 0 aliphatic heterocycles. The van der Waals surface area contributed by atoms with E-state index in [1.807, 2.05) is 0 Å². The molecular weight excluding hydrogens is 278 g/mol. The quantitative estimate of drug-likeness (QED) is 0.621. The molecule has 4 nitrogen and oxygen atoms in total. The average Bonchev–Trinajstić information content (AvgIpc) is 2.83. The number of ether oxygens (including phenoxy) is 1. The Kier molecular flexibility index (Phi) is 4.04. The van der Waals surface area contributed by atoms with Crippen LogP contribution in [0.25, 0.3) is 16.5 Å². The summed E-state index contributed by atoms with van der Waals surface area (Å²) in [6.07, 6.45) is 3.54. The standard InChI is InChI=1S/C18H19NO3/c1-6-12(2)15-10-19(17(21)22-18(3,4)5)16-9-13(11-20)7-8-14(15)16/h6-11H,1-2H2,3-5H3. The molecule has 0 saturated carbocycles. The molecule has 114 valence electrons. The molecule has 0 N–H and O–H groups in total. The van der Waals surface area contributed by atoms with Crippen LogP contribution in [0.1, 0.15) is 36.7 Å². The van der Waals surface area contributed by atoms with E-state index in [-0.39, 0.29) is 0 Å². The number of rotatable bonds is 3. The lowest BCUT2D eigenvalue weighted by Crippen LogP contribution is -2.26. The van der Waals surface area contributed by atoms with Crippen LogP contribution in [0, 0.1) is 0 Å². The molecule has 0 aliphatic rings. The minimum atomic E-state index is -0.606. The molecule has 22 heavy (non-hydrogen) atoms. The minimum absolute atomic E-state index is 0.492. The Morgan fingerprint density at radius 2 is 2.00 bits per heavy atom. The minimum Gasteiger partial charge on any atom is -0.443 e. The Bertz CT molecular complexity index is 775. The highest BCUT2D eigenvalue weighted by Gasteiger charge is 2.21. The van der Waals surface area contributed by atoms with E-state index in [0.29, 0.717) is 16.7 Å². The van der Waals surface area contributed by atoms with Gasteiger partial charge in [-0.1, -0.05) is 31.4 Å². The number of allylic oxidation sites excluding steroid dienone is 2. The van der Waals surface area contributed by atoms with Crippen LogP contribution < -0.4 is 0 Å². The van der Waals surface area contributed by atoms with Crippen LogP contribution in [0.2, 0.25) is 0 Å². The van der Waals surface area contributed by atoms with Gasteiger partial charge < -0.3 is 4.74 Å². The van der Waals surface area contributed by atoms with Gasteiger partial charge in [-0.15, -0.1) is 0 Å². The number of aromatic nitrogens is 1. The van der Waals surface area contributed by atoms with Gasteiger partial charge in [-0.05, 0) is 32.4 Å². The van der Waals surface area contributed by atoms with E-state index in [4.69, 9.17) is 4.74 Å². The Balaban J connectivity index is 2.66. The first kappa shape index (κ1) is 15.8. The smallest absolute Gasteiger partial charge is 0.419 e. The average molecular weight is 297 g/mol. The van der Waals surface area contributed by atoms with Gasteiger partial charge in [0.05, 0.1) is 5.52 Å². The summed E-state index contributed by atoms with van der Waals surface area (Å²) in [4.78, 5) is 23.4. The molecule has 0 saturated heterocycles. The fourth-order valence-corrected chi connectivity index (χ4v) is 2.15. The second kappa shape index (κ2) is 5.64. The summed E-state index contributed by atoms with van der Waals surface area (Å²) in [7, 11) is 0. The van der Waals surface area contributed by atoms with Crippen LogP contribution in [-0.2, 0) is 4.74 Å². The number of carbonyl (C=O) groups is 2. The lowest BCUT2D eigenvalue weighted by molar-refractivity contribution is 0.0544. The van der Waals surface area contributed by atoms with Gasteiger partial charge in [-0.2, -0.15) is 0 Å². The summed E-state index contributed by atoms with van der Waals surface area (Å²) >= 11 is 0. The van der Waals surface area contributed by atoms with E-state index in [9.17, 15) is 9.59 Å². The molecular formula is C18H19NO3. The van der Waals surface area contributed by atoms with E-state index in [1.54, 1.807) is 51.2 Å². The van der Waals surface area contributed by atoms with Gasteiger partial charge in [0.25, 0.3) is 0 Å². The van der Waals surface area contributed by atoms with Gasteiger partial charge in [0.1, 0.15) is 11.9 Å². The van der Waals surface area contributed by atoms with E-state index < -0.39 is 11.7 Å². The highest BCUT2D eigenvalue weighted by molar-refractivity contribution is 6.01. The Hall–Kier alpha value is -2.62. The normalized spacial score (nSPS) is 11.2. The first-order valence-electron chi connectivity index (χ1n) is 6.92. The third kappa shape index (κ3) is 3.01. The first-order chi connectivity index (χ1) is 10.3. The monoisotopic (exact) mass is 297 g/mol. The fourth-order valence-electron chi connectivity index (χ4n) is 2.15. The maximum absolute atomic E-state index is 12.4. The van der Waals surface area contributed by atoms with Crippen molar-refractivity contribution in [2.75, 3.05) is 0 Å². The van der Waals surface area contributed by atoms with Gasteiger partial charge in [0, 0.05) is 22.7 Å². The van der Waals surface area contributed by atoms with Crippen LogP contribution in [0.5, 0.6) is 0 Å². The molecule has 0 unspecified atom stereocenters. The molecule has 1 heterocycles. The number of benzene rings is 1. The Morgan fingerprint density at radius 3 is 2.55 bits per heavy atom. The van der Waals surface area contributed by atoms with Crippen LogP contribution in [0.15, 0.2) is 43.6 Å². The van der Waals surface area contributed by atoms with E-state index in [2.05, 4.69) is 13.2 Å². The second-order valence-electron chi connectivity index (χ2n) is 6.02. The highest BCUT2D eigenvalue weighted by atomic mass is 16.6. The molecule has 1 aromatic heterocycles. The van der Waals surface area contributed by atoms with Crippen LogP contribution >= 0.6 is 0 Å². The third-order valence-electron chi connectivity index (χ3n) is 3.15. The predicted molar refractivity (Wildman–Crippen MR) is 88.2 cm³/mol. The second-order valence-corrected chi connectivity index (χ2v) is 6.02. The van der Waals surface area contributed by atoms with Crippen molar-refractivity contribution in [1.29, 1.82) is 0 Å². The number of hydrogen-bond acceptors (Lipinski definition) is 3. The maximum atomic E-state index is 12.4. The molecule has 0 fully saturated rings. The third-order valence-corrected chi connectivity index (χ3v) is 3.15. The van der Waals surface area contributed by atoms with Crippen molar-refractivity contribution in [3.63, 3.8) is 0 Å². The first-order valence-corrected chi connectivity index (χ1v) is 6.92. The lowest BCUT2D eigenvalue weighted by atomic mass is 10.1. The molecule has 0 atom stereocenters. The number of hydrogen-bond donors (Lipinski definition) is 0. The molecule has 0 amide bonds. The van der Waals surface area contributed by atoms with Crippen molar-refractivity contribution in [3.8, 4) is 0 Å². The van der Waals surface area contributed by atoms with E-state index in [1.165, 1.54) is 4.57 Å². The zero-order valence-corrected chi connectivity index (χ0v) is 13.1. The number of nitrogens with zero attached hydrogens (tertiary/aromatic N) is 1. The summed E-state index contributed by atoms with van der Waals surface area (Å²) < 4.78 is 6.81. The predicted octanol–water partition coefficient (Wildman–Crippen LogP) is 4.44. The summed E-state index contributed by atoms with van der Waals surface area (Å²) in [5.41, 5.74) is 1.98. The van der Waals surface area contributed by atoms with Gasteiger partial charge in [0.15, 0.2) is 0 Å². The maximum Gasteiger partial charge on any atom is 0.419 e. The summed E-state index contributed by atoms with van der Waals surface area (Å²) in [5.74, 6) is 0. The number of carbonyl (C=O) groups excluding carboxylic acids is 2. The molecule has 2 rings (SSSR count). The molecule has 0 spiro atoms. The van der Waals surface area contributed by atoms with Gasteiger partial charge in [-0.3, -0.25) is 9.36 Å². The zero-order valence-electron chi connectivity index (χ0n) is 13.1. The summed E-state index contributed by atoms with van der Waals surface area (Å²) in [6.45, 7) is 13.0. The topological polar surface area (TPSA) is 48.3 Å². The lowest BCUT2D eigenvalue weighted by Gasteiger charge is -2.19. The molecule has 0 aliphatic carbocycles. The Labute approximate surface area is 129 Å². The van der Waals surface area contributed by atoms with Gasteiger partial charge >= 0.3 is 6.09 Å². The van der Waals surface area contributed by atoms with E-state index >= 15 is 0 Å². The zero-order chi connectivity index (χ0) is 16.5. The number of fused-ring (bicyclic) bond motifs is 1.